The molecule has 0 aromatic rings. The molecule has 96 valence electrons. The predicted octanol–water partition coefficient (Wildman–Crippen LogP) is 2.07. The zero-order valence-electron chi connectivity index (χ0n) is 11.3. The summed E-state index contributed by atoms with van der Waals surface area (Å²) < 4.78 is 6.44. The zero-order chi connectivity index (χ0) is 12.4. The normalized spacial score (nSPS) is 36.0. The van der Waals surface area contributed by atoms with E-state index in [0.717, 1.165) is 19.4 Å². The summed E-state index contributed by atoms with van der Waals surface area (Å²) in [7, 11) is -1.46. The first-order valence-corrected chi connectivity index (χ1v) is 9.58. The van der Waals surface area contributed by atoms with Crippen LogP contribution < -0.4 is 11.5 Å². The van der Waals surface area contributed by atoms with Crippen molar-refractivity contribution < 1.29 is 4.43 Å². The van der Waals surface area contributed by atoms with Crippen LogP contribution in [-0.2, 0) is 4.43 Å². The molecule has 1 rings (SSSR count). The number of nitrogens with two attached hydrogens (primary N) is 2. The maximum absolute atomic E-state index is 6.44. The van der Waals surface area contributed by atoms with Crippen molar-refractivity contribution >= 4 is 8.32 Å². The Morgan fingerprint density at radius 1 is 1.50 bits per heavy atom. The third kappa shape index (κ3) is 3.29. The molecule has 0 aromatic heterocycles. The van der Waals surface area contributed by atoms with Crippen molar-refractivity contribution in [3.63, 3.8) is 0 Å². The maximum Gasteiger partial charge on any atom is 0.187 e. The third-order valence-corrected chi connectivity index (χ3v) is 6.37. The molecule has 3 nitrogen and oxygen atoms in total. The summed E-state index contributed by atoms with van der Waals surface area (Å²) in [4.78, 5) is 0. The lowest BCUT2D eigenvalue weighted by molar-refractivity contribution is -0.0196. The van der Waals surface area contributed by atoms with E-state index in [-0.39, 0.29) is 11.6 Å². The van der Waals surface area contributed by atoms with E-state index < -0.39 is 8.32 Å². The second-order valence-corrected chi connectivity index (χ2v) is 10.3. The van der Waals surface area contributed by atoms with Crippen LogP contribution in [0.1, 0.15) is 33.1 Å². The van der Waals surface area contributed by atoms with Gasteiger partial charge in [0.05, 0.1) is 5.60 Å². The Hall–Kier alpha value is 0.0969. The monoisotopic (exact) mass is 244 g/mol. The van der Waals surface area contributed by atoms with Crippen LogP contribution in [0.3, 0.4) is 0 Å². The first-order chi connectivity index (χ1) is 7.31. The minimum Gasteiger partial charge on any atom is -0.412 e. The number of rotatable bonds is 4. The lowest BCUT2D eigenvalue weighted by Crippen LogP contribution is -2.56. The third-order valence-electron chi connectivity index (χ3n) is 3.86. The fourth-order valence-electron chi connectivity index (χ4n) is 3.07. The van der Waals surface area contributed by atoms with E-state index >= 15 is 0 Å². The van der Waals surface area contributed by atoms with Crippen LogP contribution in [0.25, 0.3) is 0 Å². The van der Waals surface area contributed by atoms with E-state index in [9.17, 15) is 0 Å². The molecule has 0 aromatic carbocycles. The van der Waals surface area contributed by atoms with Gasteiger partial charge in [-0.15, -0.1) is 0 Å². The molecular formula is C12H28N2OSi. The molecular weight excluding hydrogens is 216 g/mol. The lowest BCUT2D eigenvalue weighted by atomic mass is 9.79. The molecule has 0 radical (unpaired) electrons. The Balaban J connectivity index is 2.78. The van der Waals surface area contributed by atoms with Gasteiger partial charge in [0.2, 0.25) is 0 Å². The molecule has 1 aliphatic heterocycles. The molecule has 0 aliphatic carbocycles. The van der Waals surface area contributed by atoms with E-state index in [1.807, 2.05) is 0 Å². The highest BCUT2D eigenvalue weighted by Crippen LogP contribution is 2.41. The summed E-state index contributed by atoms with van der Waals surface area (Å²) in [5.41, 5.74) is 11.7. The van der Waals surface area contributed by atoms with E-state index in [4.69, 9.17) is 15.9 Å². The second-order valence-electron chi connectivity index (χ2n) is 6.07. The van der Waals surface area contributed by atoms with Crippen molar-refractivity contribution in [2.45, 2.75) is 63.9 Å². The fourth-order valence-corrected chi connectivity index (χ4v) is 5.70. The van der Waals surface area contributed by atoms with Crippen LogP contribution in [-0.4, -0.2) is 26.5 Å². The largest absolute Gasteiger partial charge is 0.412 e. The highest BCUT2D eigenvalue weighted by Gasteiger charge is 2.46. The van der Waals surface area contributed by atoms with Gasteiger partial charge in [0.1, 0.15) is 0 Å². The number of hydrogen-bond acceptors (Lipinski definition) is 3. The lowest BCUT2D eigenvalue weighted by Gasteiger charge is -2.49. The van der Waals surface area contributed by atoms with Gasteiger partial charge in [-0.2, -0.15) is 0 Å². The van der Waals surface area contributed by atoms with Gasteiger partial charge in [0.15, 0.2) is 8.32 Å². The Bertz CT molecular complexity index is 233. The van der Waals surface area contributed by atoms with Gasteiger partial charge in [-0.05, 0) is 58.8 Å². The quantitative estimate of drug-likeness (QED) is 0.744. The summed E-state index contributed by atoms with van der Waals surface area (Å²) in [6, 6.07) is 1.45. The number of hydrogen-bond donors (Lipinski definition) is 2. The first kappa shape index (κ1) is 14.2. The second kappa shape index (κ2) is 5.17. The van der Waals surface area contributed by atoms with Crippen molar-refractivity contribution in [3.8, 4) is 0 Å². The first-order valence-electron chi connectivity index (χ1n) is 6.46. The molecule has 0 saturated carbocycles. The summed E-state index contributed by atoms with van der Waals surface area (Å²) in [6.45, 7) is 9.71. The molecule has 4 heteroatoms. The molecule has 1 saturated heterocycles. The molecule has 0 amide bonds. The van der Waals surface area contributed by atoms with Crippen LogP contribution in [0.4, 0.5) is 0 Å². The van der Waals surface area contributed by atoms with Crippen LogP contribution >= 0.6 is 0 Å². The highest BCUT2D eigenvalue weighted by atomic mass is 28.4. The van der Waals surface area contributed by atoms with Crippen LogP contribution in [0, 0.1) is 5.92 Å². The van der Waals surface area contributed by atoms with E-state index in [0.29, 0.717) is 5.92 Å². The topological polar surface area (TPSA) is 61.3 Å². The highest BCUT2D eigenvalue weighted by molar-refractivity contribution is 6.71. The summed E-state index contributed by atoms with van der Waals surface area (Å²) in [5, 5.41) is 0. The SMILES string of the molecule is CC(N)C1CC[Si](C)(C)OC1(C)CCCN. The minimum atomic E-state index is -1.46. The molecule has 1 fully saturated rings. The van der Waals surface area contributed by atoms with Crippen LogP contribution in [0.15, 0.2) is 0 Å². The van der Waals surface area contributed by atoms with Gasteiger partial charge in [-0.1, -0.05) is 0 Å². The van der Waals surface area contributed by atoms with E-state index in [2.05, 4.69) is 26.9 Å². The Labute approximate surface area is 101 Å². The van der Waals surface area contributed by atoms with Gasteiger partial charge in [0, 0.05) is 12.0 Å². The van der Waals surface area contributed by atoms with Gasteiger partial charge in [-0.25, -0.2) is 0 Å². The molecule has 1 heterocycles. The summed E-state index contributed by atoms with van der Waals surface area (Å²) in [5.74, 6) is 0.486. The summed E-state index contributed by atoms with van der Waals surface area (Å²) >= 11 is 0. The van der Waals surface area contributed by atoms with Crippen LogP contribution in [0.5, 0.6) is 0 Å². The standard InChI is InChI=1S/C12H28N2OSi/c1-10(14)11-6-9-16(3,4)15-12(11,2)7-5-8-13/h10-11H,5-9,13-14H2,1-4H3. The smallest absolute Gasteiger partial charge is 0.187 e. The fraction of sp³-hybridized carbons (Fsp3) is 1.00. The zero-order valence-corrected chi connectivity index (χ0v) is 12.3. The Kier molecular flexibility index (Phi) is 4.57. The van der Waals surface area contributed by atoms with Crippen molar-refractivity contribution in [1.29, 1.82) is 0 Å². The Morgan fingerprint density at radius 2 is 2.12 bits per heavy atom. The Morgan fingerprint density at radius 3 is 2.62 bits per heavy atom. The minimum absolute atomic E-state index is 0.0402. The van der Waals surface area contributed by atoms with Crippen molar-refractivity contribution in [2.24, 2.45) is 17.4 Å². The van der Waals surface area contributed by atoms with Crippen molar-refractivity contribution in [2.75, 3.05) is 6.54 Å². The van der Waals surface area contributed by atoms with Gasteiger partial charge >= 0.3 is 0 Å². The maximum atomic E-state index is 6.44. The van der Waals surface area contributed by atoms with Gasteiger partial charge in [-0.3, -0.25) is 0 Å². The molecule has 0 bridgehead atoms. The average molecular weight is 244 g/mol. The summed E-state index contributed by atoms with van der Waals surface area (Å²) in [6.07, 6.45) is 3.30. The molecule has 4 N–H and O–H groups in total. The molecule has 1 aliphatic rings. The van der Waals surface area contributed by atoms with Crippen molar-refractivity contribution in [1.82, 2.24) is 0 Å². The molecule has 3 atom stereocenters. The molecule has 3 unspecified atom stereocenters. The van der Waals surface area contributed by atoms with E-state index in [1.165, 1.54) is 12.5 Å². The molecule has 0 spiro atoms. The van der Waals surface area contributed by atoms with E-state index in [1.54, 1.807) is 0 Å². The average Bonchev–Trinajstić information content (AvgIpc) is 2.12. The van der Waals surface area contributed by atoms with Crippen LogP contribution in [0.2, 0.25) is 19.1 Å². The predicted molar refractivity (Wildman–Crippen MR) is 71.8 cm³/mol. The van der Waals surface area contributed by atoms with Crippen molar-refractivity contribution in [3.05, 3.63) is 0 Å². The van der Waals surface area contributed by atoms with Gasteiger partial charge < -0.3 is 15.9 Å². The van der Waals surface area contributed by atoms with Gasteiger partial charge in [0.25, 0.3) is 0 Å². The molecule has 16 heavy (non-hydrogen) atoms.